The first-order valence-corrected chi connectivity index (χ1v) is 9.30. The van der Waals surface area contributed by atoms with Crippen LogP contribution in [0.3, 0.4) is 0 Å². The Morgan fingerprint density at radius 2 is 1.84 bits per heavy atom. The van der Waals surface area contributed by atoms with Crippen molar-refractivity contribution in [3.05, 3.63) is 29.8 Å². The summed E-state index contributed by atoms with van der Waals surface area (Å²) in [5.41, 5.74) is 1.25. The van der Waals surface area contributed by atoms with Gasteiger partial charge in [0.25, 0.3) is 0 Å². The van der Waals surface area contributed by atoms with Crippen molar-refractivity contribution in [1.82, 2.24) is 5.32 Å². The fraction of sp³-hybridized carbons (Fsp3) is 0.571. The van der Waals surface area contributed by atoms with Crippen molar-refractivity contribution < 1.29 is 8.42 Å². The highest BCUT2D eigenvalue weighted by molar-refractivity contribution is 8.00. The summed E-state index contributed by atoms with van der Waals surface area (Å²) in [4.78, 5) is 1.12. The van der Waals surface area contributed by atoms with E-state index in [0.717, 1.165) is 18.0 Å². The molecule has 0 saturated carbocycles. The molecular weight excluding hydrogens is 278 g/mol. The lowest BCUT2D eigenvalue weighted by molar-refractivity contribution is 0.589. The molecule has 0 heterocycles. The molecule has 1 aromatic carbocycles. The zero-order valence-corrected chi connectivity index (χ0v) is 13.5. The molecular formula is C14H23NO2S2. The van der Waals surface area contributed by atoms with E-state index >= 15 is 0 Å². The third-order valence-electron chi connectivity index (χ3n) is 2.86. The maximum atomic E-state index is 11.7. The summed E-state index contributed by atoms with van der Waals surface area (Å²) >= 11 is 1.60. The van der Waals surface area contributed by atoms with Crippen LogP contribution in [0.15, 0.2) is 29.2 Å². The van der Waals surface area contributed by atoms with Gasteiger partial charge in [0, 0.05) is 17.2 Å². The smallest absolute Gasteiger partial charge is 0.153 e. The molecule has 3 nitrogen and oxygen atoms in total. The topological polar surface area (TPSA) is 46.2 Å². The number of thioether (sulfide) groups is 1. The van der Waals surface area contributed by atoms with Crippen molar-refractivity contribution >= 4 is 21.6 Å². The number of benzene rings is 1. The summed E-state index contributed by atoms with van der Waals surface area (Å²) in [5.74, 6) is 0.863. The van der Waals surface area contributed by atoms with E-state index in [9.17, 15) is 8.42 Å². The van der Waals surface area contributed by atoms with E-state index in [0.29, 0.717) is 5.75 Å². The average molecular weight is 301 g/mol. The lowest BCUT2D eigenvalue weighted by Crippen LogP contribution is -2.18. The normalized spacial score (nSPS) is 12.0. The maximum Gasteiger partial charge on any atom is 0.153 e. The van der Waals surface area contributed by atoms with Crippen LogP contribution < -0.4 is 5.32 Å². The van der Waals surface area contributed by atoms with Gasteiger partial charge in [-0.05, 0) is 38.1 Å². The van der Waals surface area contributed by atoms with Crippen LogP contribution in [0.1, 0.15) is 26.3 Å². The summed E-state index contributed by atoms with van der Waals surface area (Å²) < 4.78 is 23.3. The Hall–Kier alpha value is -0.520. The minimum Gasteiger partial charge on any atom is -0.313 e. The summed E-state index contributed by atoms with van der Waals surface area (Å²) in [7, 11) is -2.92. The SMILES string of the molecule is CCNCc1ccc(SCCS(=O)(=O)C(C)C)cc1. The Labute approximate surface area is 121 Å². The number of hydrogen-bond acceptors (Lipinski definition) is 4. The Morgan fingerprint density at radius 1 is 1.21 bits per heavy atom. The second kappa shape index (κ2) is 7.92. The molecule has 19 heavy (non-hydrogen) atoms. The number of rotatable bonds is 8. The van der Waals surface area contributed by atoms with Crippen molar-refractivity contribution in [3.8, 4) is 0 Å². The highest BCUT2D eigenvalue weighted by Crippen LogP contribution is 2.19. The summed E-state index contributed by atoms with van der Waals surface area (Å²) in [5, 5.41) is 2.99. The second-order valence-corrected chi connectivity index (χ2v) is 8.53. The quantitative estimate of drug-likeness (QED) is 0.750. The Balaban J connectivity index is 2.42. The Kier molecular flexibility index (Phi) is 6.89. The molecule has 0 spiro atoms. The van der Waals surface area contributed by atoms with Gasteiger partial charge in [-0.15, -0.1) is 11.8 Å². The van der Waals surface area contributed by atoms with Gasteiger partial charge in [0.15, 0.2) is 9.84 Å². The predicted octanol–water partition coefficient (Wildman–Crippen LogP) is 2.71. The van der Waals surface area contributed by atoms with Crippen LogP contribution in [-0.2, 0) is 16.4 Å². The fourth-order valence-corrected chi connectivity index (χ4v) is 3.78. The lowest BCUT2D eigenvalue weighted by Gasteiger charge is -2.08. The predicted molar refractivity (Wildman–Crippen MR) is 83.5 cm³/mol. The molecule has 1 aromatic rings. The first-order chi connectivity index (χ1) is 8.95. The van der Waals surface area contributed by atoms with E-state index in [2.05, 4.69) is 36.5 Å². The minimum atomic E-state index is -2.92. The van der Waals surface area contributed by atoms with Crippen LogP contribution in [-0.4, -0.2) is 31.7 Å². The third-order valence-corrected chi connectivity index (χ3v) is 6.34. The third kappa shape index (κ3) is 5.97. The zero-order chi connectivity index (χ0) is 14.3. The summed E-state index contributed by atoms with van der Waals surface area (Å²) in [6.45, 7) is 7.39. The Morgan fingerprint density at radius 3 is 2.37 bits per heavy atom. The molecule has 0 amide bonds. The molecule has 0 aliphatic rings. The van der Waals surface area contributed by atoms with E-state index in [-0.39, 0.29) is 11.0 Å². The molecule has 0 radical (unpaired) electrons. The molecule has 0 bridgehead atoms. The monoisotopic (exact) mass is 301 g/mol. The maximum absolute atomic E-state index is 11.7. The molecule has 0 aliphatic carbocycles. The van der Waals surface area contributed by atoms with Gasteiger partial charge < -0.3 is 5.32 Å². The molecule has 0 saturated heterocycles. The van der Waals surface area contributed by atoms with Gasteiger partial charge in [-0.2, -0.15) is 0 Å². The van der Waals surface area contributed by atoms with E-state index in [1.807, 2.05) is 0 Å². The van der Waals surface area contributed by atoms with E-state index in [4.69, 9.17) is 0 Å². The summed E-state index contributed by atoms with van der Waals surface area (Å²) in [6, 6.07) is 8.28. The molecule has 1 N–H and O–H groups in total. The second-order valence-electron chi connectivity index (χ2n) is 4.69. The van der Waals surface area contributed by atoms with Gasteiger partial charge in [-0.3, -0.25) is 0 Å². The van der Waals surface area contributed by atoms with Gasteiger partial charge in [-0.25, -0.2) is 8.42 Å². The first kappa shape index (κ1) is 16.5. The molecule has 0 atom stereocenters. The number of hydrogen-bond donors (Lipinski definition) is 1. The highest BCUT2D eigenvalue weighted by Gasteiger charge is 2.15. The molecule has 0 unspecified atom stereocenters. The number of nitrogens with one attached hydrogen (secondary N) is 1. The van der Waals surface area contributed by atoms with Crippen LogP contribution in [0.5, 0.6) is 0 Å². The van der Waals surface area contributed by atoms with Crippen molar-refractivity contribution in [3.63, 3.8) is 0 Å². The lowest BCUT2D eigenvalue weighted by atomic mass is 10.2. The molecule has 108 valence electrons. The largest absolute Gasteiger partial charge is 0.313 e. The first-order valence-electron chi connectivity index (χ1n) is 6.59. The van der Waals surface area contributed by atoms with Crippen molar-refractivity contribution in [2.45, 2.75) is 37.5 Å². The zero-order valence-electron chi connectivity index (χ0n) is 11.8. The van der Waals surface area contributed by atoms with Crippen LogP contribution in [0, 0.1) is 0 Å². The minimum absolute atomic E-state index is 0.245. The van der Waals surface area contributed by atoms with Crippen molar-refractivity contribution in [1.29, 1.82) is 0 Å². The van der Waals surface area contributed by atoms with Gasteiger partial charge >= 0.3 is 0 Å². The van der Waals surface area contributed by atoms with Crippen LogP contribution in [0.2, 0.25) is 0 Å². The highest BCUT2D eigenvalue weighted by atomic mass is 32.2. The molecule has 5 heteroatoms. The van der Waals surface area contributed by atoms with E-state index in [1.165, 1.54) is 5.56 Å². The van der Waals surface area contributed by atoms with Gasteiger partial charge in [-0.1, -0.05) is 19.1 Å². The molecule has 0 aliphatic heterocycles. The molecule has 0 aromatic heterocycles. The van der Waals surface area contributed by atoms with Gasteiger partial charge in [0.05, 0.1) is 11.0 Å². The van der Waals surface area contributed by atoms with Gasteiger partial charge in [0.2, 0.25) is 0 Å². The van der Waals surface area contributed by atoms with Crippen molar-refractivity contribution in [2.24, 2.45) is 0 Å². The standard InChI is InChI=1S/C14H23NO2S2/c1-4-15-11-13-5-7-14(8-6-13)18-9-10-19(16,17)12(2)3/h5-8,12,15H,4,9-11H2,1-3H3. The van der Waals surface area contributed by atoms with E-state index < -0.39 is 9.84 Å². The average Bonchev–Trinajstić information content (AvgIpc) is 2.37. The van der Waals surface area contributed by atoms with Crippen LogP contribution in [0.25, 0.3) is 0 Å². The molecule has 0 fully saturated rings. The fourth-order valence-electron chi connectivity index (χ4n) is 1.48. The molecule has 1 rings (SSSR count). The van der Waals surface area contributed by atoms with E-state index in [1.54, 1.807) is 25.6 Å². The van der Waals surface area contributed by atoms with Crippen molar-refractivity contribution in [2.75, 3.05) is 18.1 Å². The van der Waals surface area contributed by atoms with Crippen LogP contribution >= 0.6 is 11.8 Å². The number of sulfone groups is 1. The summed E-state index contributed by atoms with van der Waals surface area (Å²) in [6.07, 6.45) is 0. The Bertz CT molecular complexity index is 467. The van der Waals surface area contributed by atoms with Crippen LogP contribution in [0.4, 0.5) is 0 Å². The van der Waals surface area contributed by atoms with Gasteiger partial charge in [0.1, 0.15) is 0 Å².